The Morgan fingerprint density at radius 2 is 1.90 bits per heavy atom. The summed E-state index contributed by atoms with van der Waals surface area (Å²) < 4.78 is 6.10. The molecule has 0 atom stereocenters. The van der Waals surface area contributed by atoms with Gasteiger partial charge in [-0.15, -0.1) is 0 Å². The van der Waals surface area contributed by atoms with E-state index < -0.39 is 0 Å². The molecule has 20 heavy (non-hydrogen) atoms. The highest BCUT2D eigenvalue weighted by atomic mass is 16.3. The molecule has 0 saturated heterocycles. The first-order valence-electron chi connectivity index (χ1n) is 7.61. The Balaban J connectivity index is 2.62. The molecule has 1 N–H and O–H groups in total. The predicted molar refractivity (Wildman–Crippen MR) is 86.4 cm³/mol. The lowest BCUT2D eigenvalue weighted by atomic mass is 9.84. The first kappa shape index (κ1) is 15.1. The summed E-state index contributed by atoms with van der Waals surface area (Å²) in [7, 11) is 0. The van der Waals surface area contributed by atoms with E-state index in [1.807, 2.05) is 0 Å². The Kier molecular flexibility index (Phi) is 4.24. The molecule has 2 aromatic rings. The van der Waals surface area contributed by atoms with Gasteiger partial charge in [0, 0.05) is 10.9 Å². The molecule has 0 aliphatic carbocycles. The van der Waals surface area contributed by atoms with Gasteiger partial charge < -0.3 is 9.73 Å². The van der Waals surface area contributed by atoms with Crippen LogP contribution in [-0.2, 0) is 12.0 Å². The molecule has 2 nitrogen and oxygen atoms in total. The van der Waals surface area contributed by atoms with Crippen LogP contribution in [0.3, 0.4) is 0 Å². The highest BCUT2D eigenvalue weighted by Gasteiger charge is 2.25. The largest absolute Gasteiger partial charge is 0.459 e. The quantitative estimate of drug-likeness (QED) is 0.851. The van der Waals surface area contributed by atoms with Crippen LogP contribution in [-0.4, -0.2) is 6.54 Å². The average Bonchev–Trinajstić information content (AvgIpc) is 2.72. The van der Waals surface area contributed by atoms with Gasteiger partial charge in [0.1, 0.15) is 11.3 Å². The van der Waals surface area contributed by atoms with E-state index in [4.69, 9.17) is 4.42 Å². The Labute approximate surface area is 122 Å². The van der Waals surface area contributed by atoms with E-state index >= 15 is 0 Å². The summed E-state index contributed by atoms with van der Waals surface area (Å²) in [6, 6.07) is 6.61. The fourth-order valence-electron chi connectivity index (χ4n) is 2.71. The summed E-state index contributed by atoms with van der Waals surface area (Å²) in [4.78, 5) is 0. The van der Waals surface area contributed by atoms with Crippen molar-refractivity contribution in [1.82, 2.24) is 5.32 Å². The predicted octanol–water partition coefficient (Wildman–Crippen LogP) is 4.96. The van der Waals surface area contributed by atoms with Gasteiger partial charge in [-0.1, -0.05) is 47.6 Å². The second-order valence-corrected chi connectivity index (χ2v) is 6.84. The third-order valence-electron chi connectivity index (χ3n) is 3.74. The summed E-state index contributed by atoms with van der Waals surface area (Å²) in [6.07, 6.45) is 0. The number of nitrogens with one attached hydrogen (secondary N) is 1. The lowest BCUT2D eigenvalue weighted by Crippen LogP contribution is -2.18. The van der Waals surface area contributed by atoms with Crippen molar-refractivity contribution in [2.45, 2.75) is 59.4 Å². The van der Waals surface area contributed by atoms with Crippen LogP contribution in [0.1, 0.15) is 64.3 Å². The van der Waals surface area contributed by atoms with Gasteiger partial charge in [-0.25, -0.2) is 0 Å². The molecule has 0 aliphatic rings. The van der Waals surface area contributed by atoms with E-state index in [2.05, 4.69) is 65.1 Å². The van der Waals surface area contributed by atoms with Crippen molar-refractivity contribution in [2.75, 3.05) is 6.54 Å². The van der Waals surface area contributed by atoms with Crippen molar-refractivity contribution in [2.24, 2.45) is 0 Å². The lowest BCUT2D eigenvalue weighted by molar-refractivity contribution is 0.487. The molecule has 0 radical (unpaired) electrons. The lowest BCUT2D eigenvalue weighted by Gasteiger charge is -2.19. The highest BCUT2D eigenvalue weighted by molar-refractivity contribution is 5.84. The number of fused-ring (bicyclic) bond motifs is 1. The van der Waals surface area contributed by atoms with Crippen molar-refractivity contribution in [1.29, 1.82) is 0 Å². The Hall–Kier alpha value is -1.28. The molecule has 1 aromatic heterocycles. The monoisotopic (exact) mass is 273 g/mol. The van der Waals surface area contributed by atoms with E-state index in [-0.39, 0.29) is 5.41 Å². The van der Waals surface area contributed by atoms with Gasteiger partial charge in [-0.3, -0.25) is 0 Å². The van der Waals surface area contributed by atoms with Crippen molar-refractivity contribution in [3.63, 3.8) is 0 Å². The van der Waals surface area contributed by atoms with Crippen LogP contribution in [0.25, 0.3) is 11.0 Å². The summed E-state index contributed by atoms with van der Waals surface area (Å²) in [6.45, 7) is 15.1. The van der Waals surface area contributed by atoms with Crippen LogP contribution in [0.4, 0.5) is 0 Å². The third-order valence-corrected chi connectivity index (χ3v) is 3.74. The van der Waals surface area contributed by atoms with Crippen molar-refractivity contribution < 1.29 is 4.42 Å². The van der Waals surface area contributed by atoms with Crippen molar-refractivity contribution in [3.05, 3.63) is 35.1 Å². The van der Waals surface area contributed by atoms with E-state index in [1.165, 1.54) is 16.5 Å². The second-order valence-electron chi connectivity index (χ2n) is 6.84. The molecule has 0 spiro atoms. The van der Waals surface area contributed by atoms with Gasteiger partial charge in [0.05, 0.1) is 6.54 Å². The summed E-state index contributed by atoms with van der Waals surface area (Å²) in [5.41, 5.74) is 3.81. The molecular formula is C18H27NO. The topological polar surface area (TPSA) is 25.2 Å². The SMILES string of the molecule is CCNCc1oc2ccc(C(C)C)cc2c1C(C)(C)C. The van der Waals surface area contributed by atoms with E-state index in [9.17, 15) is 0 Å². The van der Waals surface area contributed by atoms with Crippen LogP contribution in [0.2, 0.25) is 0 Å². The van der Waals surface area contributed by atoms with Gasteiger partial charge in [-0.05, 0) is 35.6 Å². The maximum Gasteiger partial charge on any atom is 0.134 e. The van der Waals surface area contributed by atoms with Gasteiger partial charge in [-0.2, -0.15) is 0 Å². The number of hydrogen-bond acceptors (Lipinski definition) is 2. The molecule has 1 aromatic carbocycles. The molecule has 2 heteroatoms. The number of benzene rings is 1. The van der Waals surface area contributed by atoms with Crippen LogP contribution in [0, 0.1) is 0 Å². The van der Waals surface area contributed by atoms with E-state index in [1.54, 1.807) is 0 Å². The number of hydrogen-bond donors (Lipinski definition) is 1. The minimum absolute atomic E-state index is 0.0889. The van der Waals surface area contributed by atoms with E-state index in [0.717, 1.165) is 24.4 Å². The van der Waals surface area contributed by atoms with Gasteiger partial charge >= 0.3 is 0 Å². The summed E-state index contributed by atoms with van der Waals surface area (Å²) in [5.74, 6) is 1.62. The number of rotatable bonds is 4. The molecule has 0 aliphatic heterocycles. The van der Waals surface area contributed by atoms with Gasteiger partial charge in [0.2, 0.25) is 0 Å². The standard InChI is InChI=1S/C18H27NO/c1-7-19-11-16-17(18(4,5)6)14-10-13(12(2)3)8-9-15(14)20-16/h8-10,12,19H,7,11H2,1-6H3. The molecule has 110 valence electrons. The molecule has 0 saturated carbocycles. The van der Waals surface area contributed by atoms with Crippen LogP contribution >= 0.6 is 0 Å². The minimum Gasteiger partial charge on any atom is -0.459 e. The average molecular weight is 273 g/mol. The maximum atomic E-state index is 6.10. The van der Waals surface area contributed by atoms with Crippen molar-refractivity contribution >= 4 is 11.0 Å². The summed E-state index contributed by atoms with van der Waals surface area (Å²) in [5, 5.41) is 4.66. The van der Waals surface area contributed by atoms with Crippen molar-refractivity contribution in [3.8, 4) is 0 Å². The molecule has 1 heterocycles. The molecule has 2 rings (SSSR count). The maximum absolute atomic E-state index is 6.10. The van der Waals surface area contributed by atoms with Crippen LogP contribution < -0.4 is 5.32 Å². The zero-order chi connectivity index (χ0) is 14.9. The zero-order valence-corrected chi connectivity index (χ0v) is 13.6. The first-order valence-corrected chi connectivity index (χ1v) is 7.61. The Bertz CT molecular complexity index is 587. The Morgan fingerprint density at radius 3 is 2.45 bits per heavy atom. The highest BCUT2D eigenvalue weighted by Crippen LogP contribution is 2.36. The van der Waals surface area contributed by atoms with Crippen LogP contribution in [0.5, 0.6) is 0 Å². The number of furan rings is 1. The Morgan fingerprint density at radius 1 is 1.20 bits per heavy atom. The third kappa shape index (κ3) is 2.90. The molecule has 0 unspecified atom stereocenters. The second kappa shape index (κ2) is 5.61. The molecule has 0 fully saturated rings. The fourth-order valence-corrected chi connectivity index (χ4v) is 2.71. The first-order chi connectivity index (χ1) is 9.34. The van der Waals surface area contributed by atoms with Crippen LogP contribution in [0.15, 0.2) is 22.6 Å². The fraction of sp³-hybridized carbons (Fsp3) is 0.556. The normalized spacial score (nSPS) is 12.6. The summed E-state index contributed by atoms with van der Waals surface area (Å²) >= 11 is 0. The van der Waals surface area contributed by atoms with Gasteiger partial charge in [0.25, 0.3) is 0 Å². The molecule has 0 bridgehead atoms. The van der Waals surface area contributed by atoms with E-state index in [0.29, 0.717) is 5.92 Å². The van der Waals surface area contributed by atoms with Gasteiger partial charge in [0.15, 0.2) is 0 Å². The zero-order valence-electron chi connectivity index (χ0n) is 13.6. The molecule has 0 amide bonds. The smallest absolute Gasteiger partial charge is 0.134 e. The minimum atomic E-state index is 0.0889. The molecular weight excluding hydrogens is 246 g/mol.